The van der Waals surface area contributed by atoms with Crippen molar-refractivity contribution >= 4 is 34.3 Å². The summed E-state index contributed by atoms with van der Waals surface area (Å²) in [5.41, 5.74) is 4.87. The van der Waals surface area contributed by atoms with Gasteiger partial charge < -0.3 is 19.6 Å². The Morgan fingerprint density at radius 3 is 2.35 bits per heavy atom. The van der Waals surface area contributed by atoms with Crippen LogP contribution in [0.5, 0.6) is 11.5 Å². The van der Waals surface area contributed by atoms with Crippen molar-refractivity contribution in [1.82, 2.24) is 4.90 Å². The molecule has 1 amide bonds. The lowest BCUT2D eigenvalue weighted by Crippen LogP contribution is -2.49. The first-order chi connectivity index (χ1) is 14.7. The van der Waals surface area contributed by atoms with Gasteiger partial charge in [-0.3, -0.25) is 4.79 Å². The van der Waals surface area contributed by atoms with Gasteiger partial charge in [0.15, 0.2) is 4.93 Å². The highest BCUT2D eigenvalue weighted by atomic mass is 35.5. The lowest BCUT2D eigenvalue weighted by molar-refractivity contribution is 0.154. The lowest BCUT2D eigenvalue weighted by Gasteiger charge is -2.40. The normalized spacial score (nSPS) is 20.9. The second-order valence-corrected chi connectivity index (χ2v) is 10.4. The van der Waals surface area contributed by atoms with Gasteiger partial charge in [0.05, 0.1) is 0 Å². The molecule has 2 heterocycles. The fourth-order valence-electron chi connectivity index (χ4n) is 4.35. The molecule has 1 N–H and O–H groups in total. The molecule has 166 valence electrons. The number of nitrogens with zero attached hydrogens (tertiary/aromatic N) is 2. The van der Waals surface area contributed by atoms with Gasteiger partial charge in [0.25, 0.3) is 5.24 Å². The summed E-state index contributed by atoms with van der Waals surface area (Å²) in [6, 6.07) is 7.84. The Hall–Kier alpha value is -2.05. The van der Waals surface area contributed by atoms with Crippen LogP contribution in [0.25, 0.3) is 0 Å². The number of amides is 1. The zero-order valence-corrected chi connectivity index (χ0v) is 20.1. The molecule has 2 aromatic rings. The van der Waals surface area contributed by atoms with E-state index < -0.39 is 4.93 Å². The monoisotopic (exact) mass is 460 g/mol. The quantitative estimate of drug-likeness (QED) is 0.624. The summed E-state index contributed by atoms with van der Waals surface area (Å²) in [5.74, 6) is 1.18. The number of carbonyl (C=O) groups is 1. The number of halogens is 1. The van der Waals surface area contributed by atoms with E-state index in [4.69, 9.17) is 16.3 Å². The molecule has 0 aromatic heterocycles. The minimum absolute atomic E-state index is 0.0616. The van der Waals surface area contributed by atoms with Crippen molar-refractivity contribution in [2.45, 2.75) is 45.5 Å². The van der Waals surface area contributed by atoms with E-state index in [1.165, 1.54) is 11.8 Å². The molecule has 1 fully saturated rings. The second-order valence-electron chi connectivity index (χ2n) is 8.59. The van der Waals surface area contributed by atoms with E-state index in [0.717, 1.165) is 64.6 Å². The fourth-order valence-corrected chi connectivity index (χ4v) is 5.48. The van der Waals surface area contributed by atoms with Crippen LogP contribution in [0, 0.1) is 20.8 Å². The Labute approximate surface area is 193 Å². The SMILES string of the molecule is Cc1c(C)c2c(c(C)c1O)CCC(C)(SC(=O)N1CCN(c3ccc(Cl)cc3)CC1)O2. The van der Waals surface area contributed by atoms with Crippen LogP contribution in [-0.2, 0) is 6.42 Å². The third kappa shape index (κ3) is 4.33. The van der Waals surface area contributed by atoms with E-state index >= 15 is 0 Å². The Balaban J connectivity index is 1.41. The molecule has 7 heteroatoms. The van der Waals surface area contributed by atoms with Crippen molar-refractivity contribution in [3.8, 4) is 11.5 Å². The zero-order chi connectivity index (χ0) is 22.3. The number of thioether (sulfide) groups is 1. The number of rotatable bonds is 2. The number of aromatic hydroxyl groups is 1. The molecule has 0 saturated carbocycles. The van der Waals surface area contributed by atoms with Gasteiger partial charge in [-0.25, -0.2) is 0 Å². The van der Waals surface area contributed by atoms with Gasteiger partial charge in [0, 0.05) is 48.9 Å². The first-order valence-electron chi connectivity index (χ1n) is 10.7. The van der Waals surface area contributed by atoms with Gasteiger partial charge in [-0.05, 0) is 86.8 Å². The summed E-state index contributed by atoms with van der Waals surface area (Å²) in [6.07, 6.45) is 1.51. The minimum Gasteiger partial charge on any atom is -0.507 e. The molecule has 0 aliphatic carbocycles. The van der Waals surface area contributed by atoms with E-state index in [9.17, 15) is 9.90 Å². The van der Waals surface area contributed by atoms with Gasteiger partial charge in [-0.15, -0.1) is 0 Å². The van der Waals surface area contributed by atoms with Crippen LogP contribution in [0.2, 0.25) is 5.02 Å². The molecule has 1 saturated heterocycles. The lowest BCUT2D eigenvalue weighted by atomic mass is 9.92. The number of carbonyl (C=O) groups excluding carboxylic acids is 1. The van der Waals surface area contributed by atoms with Gasteiger partial charge in [-0.2, -0.15) is 0 Å². The topological polar surface area (TPSA) is 53.0 Å². The maximum atomic E-state index is 13.1. The first kappa shape index (κ1) is 22.2. The van der Waals surface area contributed by atoms with Crippen LogP contribution in [0.15, 0.2) is 24.3 Å². The number of fused-ring (bicyclic) bond motifs is 1. The van der Waals surface area contributed by atoms with Crippen molar-refractivity contribution in [3.05, 3.63) is 51.5 Å². The Morgan fingerprint density at radius 1 is 1.06 bits per heavy atom. The average molecular weight is 461 g/mol. The minimum atomic E-state index is -0.613. The number of hydrogen-bond donors (Lipinski definition) is 1. The van der Waals surface area contributed by atoms with Gasteiger partial charge in [0.1, 0.15) is 11.5 Å². The van der Waals surface area contributed by atoms with E-state index in [-0.39, 0.29) is 5.24 Å². The van der Waals surface area contributed by atoms with Crippen molar-refractivity contribution in [2.24, 2.45) is 0 Å². The molecule has 0 spiro atoms. The van der Waals surface area contributed by atoms with E-state index in [1.807, 2.05) is 56.9 Å². The highest BCUT2D eigenvalue weighted by Gasteiger charge is 2.38. The number of hydrogen-bond acceptors (Lipinski definition) is 5. The van der Waals surface area contributed by atoms with Crippen LogP contribution in [0.4, 0.5) is 10.5 Å². The third-order valence-corrected chi connectivity index (χ3v) is 7.92. The Bertz CT molecular complexity index is 1000. The maximum Gasteiger partial charge on any atom is 0.285 e. The smallest absolute Gasteiger partial charge is 0.285 e. The number of piperazine rings is 1. The summed E-state index contributed by atoms with van der Waals surface area (Å²) < 4.78 is 6.41. The van der Waals surface area contributed by atoms with Gasteiger partial charge in [-0.1, -0.05) is 11.6 Å². The fraction of sp³-hybridized carbons (Fsp3) is 0.458. The number of ether oxygens (including phenoxy) is 1. The maximum absolute atomic E-state index is 13.1. The highest BCUT2D eigenvalue weighted by Crippen LogP contribution is 2.46. The molecule has 4 rings (SSSR count). The predicted octanol–water partition coefficient (Wildman–Crippen LogP) is 5.69. The zero-order valence-electron chi connectivity index (χ0n) is 18.5. The summed E-state index contributed by atoms with van der Waals surface area (Å²) in [5, 5.41) is 11.2. The summed E-state index contributed by atoms with van der Waals surface area (Å²) >= 11 is 7.27. The molecule has 5 nitrogen and oxygen atoms in total. The number of phenolic OH excluding ortho intramolecular Hbond substituents is 1. The molecule has 2 aliphatic heterocycles. The molecule has 0 bridgehead atoms. The molecule has 2 aromatic carbocycles. The van der Waals surface area contributed by atoms with Crippen LogP contribution in [0.1, 0.15) is 35.6 Å². The number of phenols is 1. The van der Waals surface area contributed by atoms with Crippen LogP contribution in [-0.4, -0.2) is 46.4 Å². The van der Waals surface area contributed by atoms with E-state index in [1.54, 1.807) is 0 Å². The molecular weight excluding hydrogens is 432 g/mol. The highest BCUT2D eigenvalue weighted by molar-refractivity contribution is 8.14. The Kier molecular flexibility index (Phi) is 6.05. The van der Waals surface area contributed by atoms with Gasteiger partial charge >= 0.3 is 0 Å². The van der Waals surface area contributed by atoms with Crippen molar-refractivity contribution < 1.29 is 14.6 Å². The van der Waals surface area contributed by atoms with E-state index in [0.29, 0.717) is 18.8 Å². The van der Waals surface area contributed by atoms with Crippen LogP contribution in [0.3, 0.4) is 0 Å². The summed E-state index contributed by atoms with van der Waals surface area (Å²) in [7, 11) is 0. The standard InChI is InChI=1S/C24H29ClN2O3S/c1-15-16(2)22-20(17(3)21(15)28)9-10-24(4,30-22)31-23(29)27-13-11-26(12-14-27)19-7-5-18(25)6-8-19/h5-8,28H,9-14H2,1-4H3. The third-order valence-electron chi connectivity index (χ3n) is 6.52. The average Bonchev–Trinajstić information content (AvgIpc) is 2.76. The number of anilines is 1. The van der Waals surface area contributed by atoms with Crippen molar-refractivity contribution in [2.75, 3.05) is 31.1 Å². The molecule has 31 heavy (non-hydrogen) atoms. The van der Waals surface area contributed by atoms with Gasteiger partial charge in [0.2, 0.25) is 0 Å². The first-order valence-corrected chi connectivity index (χ1v) is 11.9. The van der Waals surface area contributed by atoms with E-state index in [2.05, 4.69) is 4.90 Å². The summed E-state index contributed by atoms with van der Waals surface area (Å²) in [6.45, 7) is 10.8. The summed E-state index contributed by atoms with van der Waals surface area (Å²) in [4.78, 5) is 16.7. The van der Waals surface area contributed by atoms with Crippen molar-refractivity contribution in [3.63, 3.8) is 0 Å². The largest absolute Gasteiger partial charge is 0.507 e. The number of benzene rings is 2. The molecule has 2 aliphatic rings. The second kappa shape index (κ2) is 8.47. The van der Waals surface area contributed by atoms with Crippen LogP contribution < -0.4 is 9.64 Å². The molecule has 1 atom stereocenters. The molecule has 0 radical (unpaired) electrons. The molecule has 1 unspecified atom stereocenters. The predicted molar refractivity (Wildman–Crippen MR) is 128 cm³/mol. The Morgan fingerprint density at radius 2 is 1.71 bits per heavy atom. The van der Waals surface area contributed by atoms with Crippen LogP contribution >= 0.6 is 23.4 Å². The molecular formula is C24H29ClN2O3S. The van der Waals surface area contributed by atoms with Crippen molar-refractivity contribution in [1.29, 1.82) is 0 Å².